The summed E-state index contributed by atoms with van der Waals surface area (Å²) in [5.74, 6) is 3.11. The van der Waals surface area contributed by atoms with Crippen LogP contribution in [0.25, 0.3) is 0 Å². The molecule has 8 nitrogen and oxygen atoms in total. The van der Waals surface area contributed by atoms with Crippen molar-refractivity contribution in [2.75, 3.05) is 31.9 Å². The van der Waals surface area contributed by atoms with Gasteiger partial charge in [-0.1, -0.05) is 18.2 Å². The van der Waals surface area contributed by atoms with Crippen molar-refractivity contribution >= 4 is 11.9 Å². The van der Waals surface area contributed by atoms with Gasteiger partial charge in [-0.2, -0.15) is 4.98 Å². The first-order valence-corrected chi connectivity index (χ1v) is 9.56. The smallest absolute Gasteiger partial charge is 0.241 e. The number of hydrogen-bond donors (Lipinski definition) is 2. The summed E-state index contributed by atoms with van der Waals surface area (Å²) in [5.41, 5.74) is 8.09. The van der Waals surface area contributed by atoms with Gasteiger partial charge in [-0.3, -0.25) is 0 Å². The molecule has 152 valence electrons. The maximum atomic E-state index is 5.89. The molecule has 0 aliphatic carbocycles. The van der Waals surface area contributed by atoms with E-state index in [9.17, 15) is 0 Å². The lowest BCUT2D eigenvalue weighted by atomic mass is 9.93. The molecule has 8 heteroatoms. The van der Waals surface area contributed by atoms with E-state index in [-0.39, 0.29) is 18.0 Å². The second-order valence-electron chi connectivity index (χ2n) is 6.80. The Bertz CT molecular complexity index is 986. The van der Waals surface area contributed by atoms with Gasteiger partial charge in [0.25, 0.3) is 0 Å². The first-order valence-electron chi connectivity index (χ1n) is 9.56. The van der Waals surface area contributed by atoms with Crippen LogP contribution in [0.2, 0.25) is 0 Å². The zero-order valence-corrected chi connectivity index (χ0v) is 16.8. The van der Waals surface area contributed by atoms with E-state index in [2.05, 4.69) is 27.5 Å². The van der Waals surface area contributed by atoms with Crippen molar-refractivity contribution in [3.63, 3.8) is 0 Å². The number of anilines is 2. The first-order chi connectivity index (χ1) is 14.1. The van der Waals surface area contributed by atoms with Crippen LogP contribution in [0.15, 0.2) is 42.5 Å². The van der Waals surface area contributed by atoms with E-state index in [1.54, 1.807) is 14.2 Å². The highest BCUT2D eigenvalue weighted by Crippen LogP contribution is 2.40. The lowest BCUT2D eigenvalue weighted by molar-refractivity contribution is 0.340. The summed E-state index contributed by atoms with van der Waals surface area (Å²) in [6.45, 7) is 2.62. The third kappa shape index (κ3) is 3.65. The van der Waals surface area contributed by atoms with Crippen molar-refractivity contribution in [3.8, 4) is 17.2 Å². The van der Waals surface area contributed by atoms with Crippen LogP contribution in [0.5, 0.6) is 17.2 Å². The van der Waals surface area contributed by atoms with Crippen LogP contribution in [-0.2, 0) is 0 Å². The SMILES string of the molecule is CCOc1ccc([C@@H]2C[C@@H](c3ccc(OC)c(OC)c3)n3nc(N)nc3N2)cc1. The Morgan fingerprint density at radius 2 is 1.79 bits per heavy atom. The Morgan fingerprint density at radius 1 is 1.07 bits per heavy atom. The molecule has 3 N–H and O–H groups in total. The Hall–Kier alpha value is -3.42. The number of aromatic nitrogens is 3. The van der Waals surface area contributed by atoms with Gasteiger partial charge in [0, 0.05) is 0 Å². The molecule has 1 aliphatic rings. The van der Waals surface area contributed by atoms with Crippen LogP contribution >= 0.6 is 0 Å². The average Bonchev–Trinajstić information content (AvgIpc) is 3.13. The van der Waals surface area contributed by atoms with Gasteiger partial charge < -0.3 is 25.3 Å². The number of benzene rings is 2. The molecule has 2 aromatic carbocycles. The third-order valence-corrected chi connectivity index (χ3v) is 5.09. The Morgan fingerprint density at radius 3 is 2.48 bits per heavy atom. The predicted molar refractivity (Wildman–Crippen MR) is 111 cm³/mol. The highest BCUT2D eigenvalue weighted by atomic mass is 16.5. The Balaban J connectivity index is 1.69. The van der Waals surface area contributed by atoms with Gasteiger partial charge in [0.2, 0.25) is 11.9 Å². The Labute approximate surface area is 169 Å². The summed E-state index contributed by atoms with van der Waals surface area (Å²) in [4.78, 5) is 4.36. The molecule has 4 rings (SSSR count). The van der Waals surface area contributed by atoms with Gasteiger partial charge in [-0.25, -0.2) is 4.68 Å². The number of fused-ring (bicyclic) bond motifs is 1. The molecule has 2 atom stereocenters. The normalized spacial score (nSPS) is 17.9. The number of nitrogens with one attached hydrogen (secondary N) is 1. The highest BCUT2D eigenvalue weighted by Gasteiger charge is 2.31. The number of hydrogen-bond acceptors (Lipinski definition) is 7. The van der Waals surface area contributed by atoms with E-state index in [1.807, 2.05) is 41.9 Å². The zero-order chi connectivity index (χ0) is 20.4. The molecule has 2 heterocycles. The van der Waals surface area contributed by atoms with Crippen molar-refractivity contribution < 1.29 is 14.2 Å². The van der Waals surface area contributed by atoms with Crippen LogP contribution in [0, 0.1) is 0 Å². The predicted octanol–water partition coefficient (Wildman–Crippen LogP) is 3.42. The molecule has 0 fully saturated rings. The van der Waals surface area contributed by atoms with Crippen molar-refractivity contribution in [2.24, 2.45) is 0 Å². The minimum Gasteiger partial charge on any atom is -0.494 e. The molecule has 1 aliphatic heterocycles. The zero-order valence-electron chi connectivity index (χ0n) is 16.8. The van der Waals surface area contributed by atoms with Gasteiger partial charge in [0.15, 0.2) is 11.5 Å². The second-order valence-corrected chi connectivity index (χ2v) is 6.80. The maximum absolute atomic E-state index is 5.89. The van der Waals surface area contributed by atoms with Gasteiger partial charge in [0.05, 0.1) is 32.9 Å². The first kappa shape index (κ1) is 18.9. The molecule has 0 saturated heterocycles. The lowest BCUT2D eigenvalue weighted by Crippen LogP contribution is -2.28. The molecule has 0 radical (unpaired) electrons. The molecular formula is C21H25N5O3. The second kappa shape index (κ2) is 7.90. The van der Waals surface area contributed by atoms with E-state index in [0.29, 0.717) is 24.1 Å². The van der Waals surface area contributed by atoms with E-state index in [4.69, 9.17) is 19.9 Å². The number of nitrogen functional groups attached to an aromatic ring is 1. The summed E-state index contributed by atoms with van der Waals surface area (Å²) in [5, 5.41) is 7.85. The largest absolute Gasteiger partial charge is 0.494 e. The van der Waals surface area contributed by atoms with Gasteiger partial charge in [-0.15, -0.1) is 5.10 Å². The fraction of sp³-hybridized carbons (Fsp3) is 0.333. The number of methoxy groups -OCH3 is 2. The summed E-state index contributed by atoms with van der Waals surface area (Å²) >= 11 is 0. The van der Waals surface area contributed by atoms with Crippen LogP contribution in [0.3, 0.4) is 0 Å². The molecule has 0 unspecified atom stereocenters. The number of rotatable bonds is 6. The molecule has 29 heavy (non-hydrogen) atoms. The van der Waals surface area contributed by atoms with E-state index in [1.165, 1.54) is 0 Å². The van der Waals surface area contributed by atoms with E-state index >= 15 is 0 Å². The van der Waals surface area contributed by atoms with Gasteiger partial charge >= 0.3 is 0 Å². The quantitative estimate of drug-likeness (QED) is 0.660. The topological polar surface area (TPSA) is 96.5 Å². The van der Waals surface area contributed by atoms with Crippen LogP contribution in [0.1, 0.15) is 36.6 Å². The van der Waals surface area contributed by atoms with Crippen molar-refractivity contribution in [1.82, 2.24) is 14.8 Å². The molecule has 1 aromatic heterocycles. The van der Waals surface area contributed by atoms with Gasteiger partial charge in [-0.05, 0) is 48.7 Å². The number of nitrogens with two attached hydrogens (primary N) is 1. The summed E-state index contributed by atoms with van der Waals surface area (Å²) < 4.78 is 18.2. The van der Waals surface area contributed by atoms with Crippen LogP contribution in [0.4, 0.5) is 11.9 Å². The molecule has 0 saturated carbocycles. The minimum atomic E-state index is -0.0487. The van der Waals surface area contributed by atoms with Gasteiger partial charge in [0.1, 0.15) is 5.75 Å². The fourth-order valence-electron chi connectivity index (χ4n) is 3.71. The van der Waals surface area contributed by atoms with Crippen molar-refractivity contribution in [3.05, 3.63) is 53.6 Å². The van der Waals surface area contributed by atoms with E-state index < -0.39 is 0 Å². The Kier molecular flexibility index (Phi) is 5.16. The van der Waals surface area contributed by atoms with Crippen LogP contribution < -0.4 is 25.3 Å². The minimum absolute atomic E-state index is 0.0487. The fourth-order valence-corrected chi connectivity index (χ4v) is 3.71. The molecule has 0 amide bonds. The summed E-state index contributed by atoms with van der Waals surface area (Å²) in [6, 6.07) is 14.0. The molecule has 3 aromatic rings. The summed E-state index contributed by atoms with van der Waals surface area (Å²) in [7, 11) is 3.26. The number of ether oxygens (including phenoxy) is 3. The highest BCUT2D eigenvalue weighted by molar-refractivity contribution is 5.47. The molecule has 0 spiro atoms. The average molecular weight is 395 g/mol. The molecule has 0 bridgehead atoms. The standard InChI is InChI=1S/C21H25N5O3/c1-4-29-15-8-5-13(6-9-15)16-12-17(26-21(23-16)24-20(22)25-26)14-7-10-18(27-2)19(11-14)28-3/h5-11,16-17H,4,12H2,1-3H3,(H3,22,23,24,25)/t16-,17-/m0/s1. The lowest BCUT2D eigenvalue weighted by Gasteiger charge is -2.32. The molecular weight excluding hydrogens is 370 g/mol. The van der Waals surface area contributed by atoms with Crippen molar-refractivity contribution in [1.29, 1.82) is 0 Å². The number of nitrogens with zero attached hydrogens (tertiary/aromatic N) is 3. The van der Waals surface area contributed by atoms with Crippen LogP contribution in [-0.4, -0.2) is 35.6 Å². The van der Waals surface area contributed by atoms with E-state index in [0.717, 1.165) is 23.3 Å². The maximum Gasteiger partial charge on any atom is 0.241 e. The summed E-state index contributed by atoms with van der Waals surface area (Å²) in [6.07, 6.45) is 0.777. The monoisotopic (exact) mass is 395 g/mol. The van der Waals surface area contributed by atoms with Crippen molar-refractivity contribution in [2.45, 2.75) is 25.4 Å². The third-order valence-electron chi connectivity index (χ3n) is 5.09.